The van der Waals surface area contributed by atoms with Crippen LogP contribution in [-0.2, 0) is 0 Å². The molecule has 2 bridgehead atoms. The van der Waals surface area contributed by atoms with Gasteiger partial charge in [0.05, 0.1) is 5.52 Å². The second-order valence-electron chi connectivity index (χ2n) is 6.22. The Labute approximate surface area is 124 Å². The molecule has 108 valence electrons. The van der Waals surface area contributed by atoms with Crippen LogP contribution in [-0.4, -0.2) is 33.9 Å². The Morgan fingerprint density at radius 1 is 1.10 bits per heavy atom. The van der Waals surface area contributed by atoms with E-state index in [4.69, 9.17) is 5.73 Å². The maximum atomic E-state index is 12.8. The monoisotopic (exact) mass is 281 g/mol. The van der Waals surface area contributed by atoms with E-state index in [1.165, 1.54) is 0 Å². The molecule has 1 aromatic heterocycles. The molecule has 3 heterocycles. The minimum Gasteiger partial charge on any atom is -0.331 e. The summed E-state index contributed by atoms with van der Waals surface area (Å²) in [6.45, 7) is 0. The first-order valence-electron chi connectivity index (χ1n) is 7.66. The van der Waals surface area contributed by atoms with Gasteiger partial charge in [-0.25, -0.2) is 4.98 Å². The highest BCUT2D eigenvalue weighted by molar-refractivity contribution is 5.95. The number of para-hydroxylation sites is 1. The van der Waals surface area contributed by atoms with Gasteiger partial charge in [-0.2, -0.15) is 0 Å². The third-order valence-electron chi connectivity index (χ3n) is 4.82. The molecule has 2 saturated heterocycles. The van der Waals surface area contributed by atoms with Crippen molar-refractivity contribution in [2.75, 3.05) is 0 Å². The number of pyridine rings is 1. The minimum absolute atomic E-state index is 0.0696. The number of hydrogen-bond donors (Lipinski definition) is 1. The fourth-order valence-electron chi connectivity index (χ4n) is 3.87. The summed E-state index contributed by atoms with van der Waals surface area (Å²) in [5.74, 6) is 0.0696. The molecule has 0 aliphatic carbocycles. The molecule has 0 spiro atoms. The molecule has 2 aliphatic heterocycles. The van der Waals surface area contributed by atoms with Crippen LogP contribution in [0.2, 0.25) is 0 Å². The fraction of sp³-hybridized carbons (Fsp3) is 0.412. The number of hydrogen-bond acceptors (Lipinski definition) is 3. The van der Waals surface area contributed by atoms with Gasteiger partial charge in [-0.15, -0.1) is 0 Å². The van der Waals surface area contributed by atoms with E-state index in [0.29, 0.717) is 17.8 Å². The van der Waals surface area contributed by atoms with Crippen LogP contribution < -0.4 is 5.73 Å². The van der Waals surface area contributed by atoms with Crippen LogP contribution in [0.15, 0.2) is 36.4 Å². The Balaban J connectivity index is 1.67. The number of amides is 1. The number of nitrogens with zero attached hydrogens (tertiary/aromatic N) is 2. The zero-order chi connectivity index (χ0) is 14.4. The summed E-state index contributed by atoms with van der Waals surface area (Å²) >= 11 is 0. The molecule has 2 aromatic rings. The number of nitrogens with two attached hydrogens (primary N) is 1. The van der Waals surface area contributed by atoms with Gasteiger partial charge in [0.1, 0.15) is 5.69 Å². The first-order valence-corrected chi connectivity index (χ1v) is 7.66. The van der Waals surface area contributed by atoms with E-state index >= 15 is 0 Å². The first kappa shape index (κ1) is 12.8. The second kappa shape index (κ2) is 4.81. The lowest BCUT2D eigenvalue weighted by Crippen LogP contribution is -2.50. The van der Waals surface area contributed by atoms with E-state index in [9.17, 15) is 4.79 Å². The Bertz CT molecular complexity index is 685. The van der Waals surface area contributed by atoms with Crippen LogP contribution in [0, 0.1) is 0 Å². The van der Waals surface area contributed by atoms with Crippen LogP contribution >= 0.6 is 0 Å². The van der Waals surface area contributed by atoms with E-state index in [-0.39, 0.29) is 11.9 Å². The largest absolute Gasteiger partial charge is 0.331 e. The molecule has 2 unspecified atom stereocenters. The normalized spacial score (nSPS) is 28.0. The summed E-state index contributed by atoms with van der Waals surface area (Å²) < 4.78 is 0. The van der Waals surface area contributed by atoms with Gasteiger partial charge in [0, 0.05) is 23.5 Å². The van der Waals surface area contributed by atoms with Crippen molar-refractivity contribution < 1.29 is 4.79 Å². The van der Waals surface area contributed by atoms with Crippen molar-refractivity contribution in [2.45, 2.75) is 43.8 Å². The second-order valence-corrected chi connectivity index (χ2v) is 6.22. The van der Waals surface area contributed by atoms with Crippen LogP contribution in [0.1, 0.15) is 36.2 Å². The van der Waals surface area contributed by atoms with E-state index in [1.807, 2.05) is 41.3 Å². The van der Waals surface area contributed by atoms with Gasteiger partial charge in [-0.05, 0) is 37.8 Å². The van der Waals surface area contributed by atoms with Gasteiger partial charge in [0.15, 0.2) is 0 Å². The van der Waals surface area contributed by atoms with Crippen LogP contribution in [0.4, 0.5) is 0 Å². The Hall–Kier alpha value is -1.94. The van der Waals surface area contributed by atoms with E-state index < -0.39 is 0 Å². The molecule has 4 heteroatoms. The predicted octanol–water partition coefficient (Wildman–Crippen LogP) is 2.33. The molecule has 4 nitrogen and oxygen atoms in total. The Kier molecular flexibility index (Phi) is 2.93. The number of benzene rings is 1. The molecule has 2 aliphatic rings. The third kappa shape index (κ3) is 2.10. The lowest BCUT2D eigenvalue weighted by Gasteiger charge is -2.37. The number of carbonyl (C=O) groups excluding carboxylic acids is 1. The summed E-state index contributed by atoms with van der Waals surface area (Å²) in [5.41, 5.74) is 7.51. The molecule has 0 radical (unpaired) electrons. The summed E-state index contributed by atoms with van der Waals surface area (Å²) in [6, 6.07) is 12.6. The first-order chi connectivity index (χ1) is 10.2. The van der Waals surface area contributed by atoms with E-state index in [0.717, 1.165) is 36.6 Å². The zero-order valence-electron chi connectivity index (χ0n) is 11.9. The van der Waals surface area contributed by atoms with Gasteiger partial charge < -0.3 is 10.6 Å². The quantitative estimate of drug-likeness (QED) is 0.872. The molecule has 4 rings (SSSR count). The van der Waals surface area contributed by atoms with Crippen molar-refractivity contribution in [3.8, 4) is 0 Å². The predicted molar refractivity (Wildman–Crippen MR) is 81.9 cm³/mol. The standard InChI is InChI=1S/C17H19N3O/c18-12-9-13-6-7-14(10-12)20(13)17(21)16-8-5-11-3-1-2-4-15(11)19-16/h1-5,8,12-14H,6-7,9-10,18H2. The molecular weight excluding hydrogens is 262 g/mol. The highest BCUT2D eigenvalue weighted by Gasteiger charge is 2.42. The maximum Gasteiger partial charge on any atom is 0.272 e. The maximum absolute atomic E-state index is 12.8. The molecule has 2 fully saturated rings. The average molecular weight is 281 g/mol. The van der Waals surface area contributed by atoms with Crippen molar-refractivity contribution >= 4 is 16.8 Å². The molecule has 1 aromatic carbocycles. The highest BCUT2D eigenvalue weighted by Crippen LogP contribution is 2.36. The molecule has 2 N–H and O–H groups in total. The number of piperidine rings is 1. The number of aromatic nitrogens is 1. The lowest BCUT2D eigenvalue weighted by molar-refractivity contribution is 0.0569. The van der Waals surface area contributed by atoms with Crippen molar-refractivity contribution in [1.29, 1.82) is 0 Å². The molecule has 0 saturated carbocycles. The minimum atomic E-state index is 0.0696. The van der Waals surface area contributed by atoms with Crippen LogP contribution in [0.25, 0.3) is 10.9 Å². The topological polar surface area (TPSA) is 59.2 Å². The number of carbonyl (C=O) groups is 1. The van der Waals surface area contributed by atoms with Crippen molar-refractivity contribution in [3.63, 3.8) is 0 Å². The number of fused-ring (bicyclic) bond motifs is 3. The average Bonchev–Trinajstić information content (AvgIpc) is 2.78. The summed E-state index contributed by atoms with van der Waals surface area (Å²) in [7, 11) is 0. The highest BCUT2D eigenvalue weighted by atomic mass is 16.2. The van der Waals surface area contributed by atoms with Crippen molar-refractivity contribution in [3.05, 3.63) is 42.1 Å². The SMILES string of the molecule is NC1CC2CCC(C1)N2C(=O)c1ccc2ccccc2n1. The lowest BCUT2D eigenvalue weighted by atomic mass is 9.97. The van der Waals surface area contributed by atoms with Crippen molar-refractivity contribution in [1.82, 2.24) is 9.88 Å². The van der Waals surface area contributed by atoms with Gasteiger partial charge in [-0.3, -0.25) is 4.79 Å². The molecular formula is C17H19N3O. The molecule has 2 atom stereocenters. The fourth-order valence-corrected chi connectivity index (χ4v) is 3.87. The van der Waals surface area contributed by atoms with Crippen LogP contribution in [0.5, 0.6) is 0 Å². The van der Waals surface area contributed by atoms with Gasteiger partial charge in [0.2, 0.25) is 0 Å². The van der Waals surface area contributed by atoms with Gasteiger partial charge >= 0.3 is 0 Å². The zero-order valence-corrected chi connectivity index (χ0v) is 11.9. The number of rotatable bonds is 1. The van der Waals surface area contributed by atoms with Gasteiger partial charge in [-0.1, -0.05) is 24.3 Å². The van der Waals surface area contributed by atoms with Gasteiger partial charge in [0.25, 0.3) is 5.91 Å². The van der Waals surface area contributed by atoms with Crippen LogP contribution in [0.3, 0.4) is 0 Å². The summed E-state index contributed by atoms with van der Waals surface area (Å²) in [4.78, 5) is 19.4. The molecule has 21 heavy (non-hydrogen) atoms. The summed E-state index contributed by atoms with van der Waals surface area (Å²) in [5, 5.41) is 1.07. The Morgan fingerprint density at radius 3 is 2.57 bits per heavy atom. The molecule has 1 amide bonds. The third-order valence-corrected chi connectivity index (χ3v) is 4.82. The van der Waals surface area contributed by atoms with Crippen molar-refractivity contribution in [2.24, 2.45) is 5.73 Å². The summed E-state index contributed by atoms with van der Waals surface area (Å²) in [6.07, 6.45) is 4.01. The smallest absolute Gasteiger partial charge is 0.272 e. The van der Waals surface area contributed by atoms with E-state index in [1.54, 1.807) is 0 Å². The Morgan fingerprint density at radius 2 is 1.81 bits per heavy atom. The van der Waals surface area contributed by atoms with E-state index in [2.05, 4.69) is 4.98 Å².